The molecule has 1 aromatic carbocycles. The van der Waals surface area contributed by atoms with Gasteiger partial charge in [0, 0.05) is 24.7 Å². The molecule has 0 radical (unpaired) electrons. The average Bonchev–Trinajstić information content (AvgIpc) is 3.29. The van der Waals surface area contributed by atoms with Gasteiger partial charge in [0.05, 0.1) is 23.6 Å². The van der Waals surface area contributed by atoms with Gasteiger partial charge >= 0.3 is 0 Å². The number of fused-ring (bicyclic) bond motifs is 1. The third kappa shape index (κ3) is 9.01. The van der Waals surface area contributed by atoms with Crippen LogP contribution in [0.3, 0.4) is 0 Å². The van der Waals surface area contributed by atoms with Crippen LogP contribution in [0, 0.1) is 5.92 Å². The second-order valence-electron chi connectivity index (χ2n) is 13.2. The van der Waals surface area contributed by atoms with E-state index in [9.17, 15) is 8.42 Å². The number of ether oxygens (including phenoxy) is 3. The molecule has 0 aliphatic carbocycles. The molecular weight excluding hydrogens is 587 g/mol. The summed E-state index contributed by atoms with van der Waals surface area (Å²) < 4.78 is 57.6. The lowest BCUT2D eigenvalue weighted by Gasteiger charge is -2.36. The van der Waals surface area contributed by atoms with Crippen LogP contribution in [0.2, 0.25) is 18.1 Å². The third-order valence-corrected chi connectivity index (χ3v) is 13.5. The first-order valence-electron chi connectivity index (χ1n) is 15.1. The van der Waals surface area contributed by atoms with E-state index in [4.69, 9.17) is 33.3 Å². The molecule has 1 aliphatic rings. The van der Waals surface area contributed by atoms with Gasteiger partial charge in [0.2, 0.25) is 14.2 Å². The number of nitrogens with zero attached hydrogens (tertiary/aromatic N) is 3. The van der Waals surface area contributed by atoms with Crippen LogP contribution < -0.4 is 9.16 Å². The molecule has 3 aromatic rings. The Morgan fingerprint density at radius 3 is 2.60 bits per heavy atom. The first kappa shape index (κ1) is 33.4. The van der Waals surface area contributed by atoms with E-state index in [1.54, 1.807) is 6.92 Å². The molecule has 0 amide bonds. The summed E-state index contributed by atoms with van der Waals surface area (Å²) in [6, 6.07) is 11.8. The van der Waals surface area contributed by atoms with Crippen molar-refractivity contribution in [2.45, 2.75) is 90.8 Å². The smallest absolute Gasteiger partial charge is 0.265 e. The number of hydrogen-bond donors (Lipinski definition) is 1. The van der Waals surface area contributed by atoms with Gasteiger partial charge in [0.1, 0.15) is 17.5 Å². The van der Waals surface area contributed by atoms with Crippen LogP contribution in [0.5, 0.6) is 11.6 Å². The fourth-order valence-electron chi connectivity index (χ4n) is 4.79. The average molecular weight is 634 g/mol. The van der Waals surface area contributed by atoms with Crippen molar-refractivity contribution in [1.82, 2.24) is 14.8 Å². The van der Waals surface area contributed by atoms with Crippen LogP contribution in [0.1, 0.15) is 66.5 Å². The molecular formula is C31H47N3O7SSi. The molecule has 1 saturated heterocycles. The lowest BCUT2D eigenvalue weighted by Crippen LogP contribution is -2.43. The summed E-state index contributed by atoms with van der Waals surface area (Å²) in [7, 11) is -6.04. The van der Waals surface area contributed by atoms with E-state index in [0.29, 0.717) is 31.2 Å². The van der Waals surface area contributed by atoms with Crippen molar-refractivity contribution in [3.8, 4) is 23.0 Å². The summed E-state index contributed by atoms with van der Waals surface area (Å²) in [5.74, 6) is 0.804. The molecule has 43 heavy (non-hydrogen) atoms. The van der Waals surface area contributed by atoms with Crippen LogP contribution in [-0.2, 0) is 19.6 Å². The van der Waals surface area contributed by atoms with Crippen molar-refractivity contribution < 1.29 is 31.6 Å². The van der Waals surface area contributed by atoms with Crippen LogP contribution in [0.25, 0.3) is 22.3 Å². The number of rotatable bonds is 13. The largest absolute Gasteiger partial charge is 0.543 e. The lowest BCUT2D eigenvalue weighted by molar-refractivity contribution is -0.0365. The molecule has 1 N–H and O–H groups in total. The minimum Gasteiger partial charge on any atom is -0.543 e. The summed E-state index contributed by atoms with van der Waals surface area (Å²) in [6.07, 6.45) is 3.15. The van der Waals surface area contributed by atoms with Gasteiger partial charge in [-0.05, 0) is 80.9 Å². The molecule has 3 unspecified atom stereocenters. The van der Waals surface area contributed by atoms with E-state index in [2.05, 4.69) is 46.0 Å². The van der Waals surface area contributed by atoms with Crippen LogP contribution >= 0.6 is 0 Å². The predicted molar refractivity (Wildman–Crippen MR) is 171 cm³/mol. The summed E-state index contributed by atoms with van der Waals surface area (Å²) in [5, 5.41) is 6.05. The van der Waals surface area contributed by atoms with Crippen molar-refractivity contribution in [3.63, 3.8) is 0 Å². The molecule has 3 heterocycles. The van der Waals surface area contributed by atoms with E-state index in [1.807, 2.05) is 35.9 Å². The van der Waals surface area contributed by atoms with Gasteiger partial charge in [-0.1, -0.05) is 33.8 Å². The molecule has 12 heteroatoms. The number of benzene rings is 1. The molecule has 1 aliphatic heterocycles. The van der Waals surface area contributed by atoms with Crippen LogP contribution in [0.4, 0.5) is 0 Å². The second kappa shape index (κ2) is 13.6. The van der Waals surface area contributed by atoms with Gasteiger partial charge in [-0.3, -0.25) is 4.55 Å². The number of pyridine rings is 1. The zero-order valence-corrected chi connectivity index (χ0v) is 28.3. The quantitative estimate of drug-likeness (QED) is 0.122. The fraction of sp³-hybridized carbons (Fsp3) is 0.613. The molecule has 1 fully saturated rings. The Kier molecular flexibility index (Phi) is 10.6. The van der Waals surface area contributed by atoms with E-state index < -0.39 is 18.4 Å². The molecule has 2 aromatic heterocycles. The van der Waals surface area contributed by atoms with Crippen molar-refractivity contribution in [3.05, 3.63) is 36.4 Å². The normalized spacial score (nSPS) is 18.0. The van der Waals surface area contributed by atoms with Gasteiger partial charge in [0.15, 0.2) is 6.23 Å². The SMILES string of the molecule is CC(CCOCC(C)Oc1cccc(-c2nn(C3CCCCO3)c3ccc(O[Si](C)(C)C(C)(C)C)cc23)n1)CS(=O)(=O)O. The van der Waals surface area contributed by atoms with E-state index in [0.717, 1.165) is 48.2 Å². The van der Waals surface area contributed by atoms with Gasteiger partial charge in [0.25, 0.3) is 10.1 Å². The Labute approximate surface area is 257 Å². The molecule has 0 bridgehead atoms. The molecule has 238 valence electrons. The van der Waals surface area contributed by atoms with E-state index >= 15 is 0 Å². The van der Waals surface area contributed by atoms with Gasteiger partial charge < -0.3 is 18.6 Å². The topological polar surface area (TPSA) is 122 Å². The fourth-order valence-corrected chi connectivity index (χ4v) is 6.69. The highest BCUT2D eigenvalue weighted by molar-refractivity contribution is 7.85. The maximum Gasteiger partial charge on any atom is 0.265 e. The van der Waals surface area contributed by atoms with E-state index in [1.165, 1.54) is 0 Å². The Balaban J connectivity index is 1.54. The molecule has 0 spiro atoms. The Hall–Kier alpha value is -2.51. The zero-order valence-electron chi connectivity index (χ0n) is 26.5. The molecule has 3 atom stereocenters. The first-order chi connectivity index (χ1) is 20.1. The third-order valence-electron chi connectivity index (χ3n) is 8.18. The highest BCUT2D eigenvalue weighted by atomic mass is 32.2. The van der Waals surface area contributed by atoms with Crippen molar-refractivity contribution >= 4 is 29.3 Å². The van der Waals surface area contributed by atoms with Crippen LogP contribution in [-0.4, -0.2) is 67.7 Å². The second-order valence-corrected chi connectivity index (χ2v) is 19.4. The standard InChI is InChI=1S/C31H47N3O7SSi/c1-22(21-42(35,36)37)16-18-38-20-23(2)40-28-12-10-11-26(32-28)30-25-19-24(41-43(6,7)31(3,4)5)14-15-27(25)34(33-30)29-13-8-9-17-39-29/h10-12,14-15,19,22-23,29H,8-9,13,16-18,20-21H2,1-7H3,(H,35,36,37). The van der Waals surface area contributed by atoms with E-state index in [-0.39, 0.29) is 29.0 Å². The maximum absolute atomic E-state index is 11.0. The summed E-state index contributed by atoms with van der Waals surface area (Å²) in [4.78, 5) is 4.81. The van der Waals surface area contributed by atoms with Gasteiger partial charge in [-0.2, -0.15) is 13.5 Å². The minimum atomic E-state index is -3.99. The maximum atomic E-state index is 11.0. The predicted octanol–water partition coefficient (Wildman–Crippen LogP) is 6.88. The van der Waals surface area contributed by atoms with Crippen molar-refractivity contribution in [1.29, 1.82) is 0 Å². The lowest BCUT2D eigenvalue weighted by atomic mass is 10.1. The first-order valence-corrected chi connectivity index (χ1v) is 19.6. The highest BCUT2D eigenvalue weighted by Gasteiger charge is 2.39. The summed E-state index contributed by atoms with van der Waals surface area (Å²) in [5.41, 5.74) is 2.41. The van der Waals surface area contributed by atoms with Crippen molar-refractivity contribution in [2.24, 2.45) is 5.92 Å². The number of hydrogen-bond acceptors (Lipinski definition) is 8. The molecule has 4 rings (SSSR count). The highest BCUT2D eigenvalue weighted by Crippen LogP contribution is 2.39. The zero-order chi connectivity index (χ0) is 31.4. The Morgan fingerprint density at radius 2 is 1.93 bits per heavy atom. The minimum absolute atomic E-state index is 0.0663. The molecule has 0 saturated carbocycles. The van der Waals surface area contributed by atoms with Gasteiger partial charge in [-0.15, -0.1) is 0 Å². The summed E-state index contributed by atoms with van der Waals surface area (Å²) >= 11 is 0. The van der Waals surface area contributed by atoms with Crippen molar-refractivity contribution in [2.75, 3.05) is 25.6 Å². The summed E-state index contributed by atoms with van der Waals surface area (Å²) in [6.45, 7) is 16.2. The number of aromatic nitrogens is 3. The Morgan fingerprint density at radius 1 is 1.16 bits per heavy atom. The molecule has 10 nitrogen and oxygen atoms in total. The monoisotopic (exact) mass is 633 g/mol. The van der Waals surface area contributed by atoms with Gasteiger partial charge in [-0.25, -0.2) is 9.67 Å². The Bertz CT molecular complexity index is 1480. The van der Waals surface area contributed by atoms with Crippen LogP contribution in [0.15, 0.2) is 36.4 Å².